The summed E-state index contributed by atoms with van der Waals surface area (Å²) in [6.07, 6.45) is -3.35. The summed E-state index contributed by atoms with van der Waals surface area (Å²) in [4.78, 5) is 22.5. The van der Waals surface area contributed by atoms with Gasteiger partial charge < -0.3 is 35.8 Å². The molecular formula is C13H24N2O7. The highest BCUT2D eigenvalue weighted by molar-refractivity contribution is 5.82. The zero-order chi connectivity index (χ0) is 16.9. The monoisotopic (exact) mass is 320 g/mol. The van der Waals surface area contributed by atoms with Crippen LogP contribution < -0.4 is 11.1 Å². The van der Waals surface area contributed by atoms with Crippen LogP contribution in [-0.4, -0.2) is 77.4 Å². The summed E-state index contributed by atoms with van der Waals surface area (Å²) in [7, 11) is 1.37. The SMILES string of the molecule is CO[C@@H]1C(CO)O[C@@H](C)C(NC(=O)[C@@H](N)CCC(=O)O)[C@H]1O. The number of carboxylic acid groups (broad SMARTS) is 1. The molecule has 0 aromatic heterocycles. The standard InChI is InChI=1S/C13H24N2O7/c1-6-10(11(19)12(21-2)8(5-16)22-6)15-13(20)7(14)3-4-9(17)18/h6-8,10-12,16,19H,3-5,14H2,1-2H3,(H,15,20)(H,17,18)/t6-,7-,8?,10?,11+,12+/m0/s1. The number of rotatable bonds is 7. The van der Waals surface area contributed by atoms with Crippen molar-refractivity contribution in [1.29, 1.82) is 0 Å². The fraction of sp³-hybridized carbons (Fsp3) is 0.846. The Labute approximate surface area is 128 Å². The van der Waals surface area contributed by atoms with E-state index >= 15 is 0 Å². The number of methoxy groups -OCH3 is 1. The van der Waals surface area contributed by atoms with Crippen molar-refractivity contribution in [3.8, 4) is 0 Å². The summed E-state index contributed by atoms with van der Waals surface area (Å²) in [5.74, 6) is -1.61. The zero-order valence-electron chi connectivity index (χ0n) is 12.6. The number of hydrogen-bond donors (Lipinski definition) is 5. The molecule has 6 N–H and O–H groups in total. The highest BCUT2D eigenvalue weighted by Crippen LogP contribution is 2.23. The molecule has 1 rings (SSSR count). The summed E-state index contributed by atoms with van der Waals surface area (Å²) in [6.45, 7) is 1.32. The Balaban J connectivity index is 2.66. The van der Waals surface area contributed by atoms with Crippen LogP contribution in [0, 0.1) is 0 Å². The van der Waals surface area contributed by atoms with Crippen LogP contribution in [0.5, 0.6) is 0 Å². The minimum atomic E-state index is -1.08. The Kier molecular flexibility index (Phi) is 7.17. The molecule has 0 spiro atoms. The highest BCUT2D eigenvalue weighted by Gasteiger charge is 2.44. The van der Waals surface area contributed by atoms with Gasteiger partial charge in [0.05, 0.1) is 24.8 Å². The van der Waals surface area contributed by atoms with E-state index in [0.717, 1.165) is 0 Å². The van der Waals surface area contributed by atoms with Crippen molar-refractivity contribution >= 4 is 11.9 Å². The quantitative estimate of drug-likeness (QED) is 0.355. The maximum absolute atomic E-state index is 12.0. The summed E-state index contributed by atoms with van der Waals surface area (Å²) in [6, 6.07) is -1.76. The van der Waals surface area contributed by atoms with E-state index in [1.807, 2.05) is 0 Å². The molecule has 0 aliphatic carbocycles. The molecule has 6 atom stereocenters. The van der Waals surface area contributed by atoms with E-state index in [-0.39, 0.29) is 19.4 Å². The average molecular weight is 320 g/mol. The lowest BCUT2D eigenvalue weighted by Crippen LogP contribution is -2.65. The Hall–Kier alpha value is -1.26. The average Bonchev–Trinajstić information content (AvgIpc) is 2.47. The van der Waals surface area contributed by atoms with Gasteiger partial charge in [-0.1, -0.05) is 0 Å². The smallest absolute Gasteiger partial charge is 0.303 e. The van der Waals surface area contributed by atoms with Gasteiger partial charge in [0.1, 0.15) is 18.3 Å². The van der Waals surface area contributed by atoms with Crippen LogP contribution in [0.15, 0.2) is 0 Å². The van der Waals surface area contributed by atoms with Gasteiger partial charge in [-0.3, -0.25) is 9.59 Å². The number of carbonyl (C=O) groups excluding carboxylic acids is 1. The van der Waals surface area contributed by atoms with Crippen LogP contribution in [0.3, 0.4) is 0 Å². The fourth-order valence-electron chi connectivity index (χ4n) is 2.46. The molecule has 0 aromatic carbocycles. The minimum absolute atomic E-state index is 0.00775. The first-order chi connectivity index (χ1) is 10.3. The third kappa shape index (κ3) is 4.62. The van der Waals surface area contributed by atoms with Crippen LogP contribution >= 0.6 is 0 Å². The lowest BCUT2D eigenvalue weighted by atomic mass is 9.93. The Bertz CT molecular complexity index is 393. The van der Waals surface area contributed by atoms with Crippen LogP contribution in [-0.2, 0) is 19.1 Å². The zero-order valence-corrected chi connectivity index (χ0v) is 12.6. The van der Waals surface area contributed by atoms with Crippen LogP contribution in [0.25, 0.3) is 0 Å². The van der Waals surface area contributed by atoms with E-state index in [4.69, 9.17) is 20.3 Å². The summed E-state index contributed by atoms with van der Waals surface area (Å²) >= 11 is 0. The lowest BCUT2D eigenvalue weighted by Gasteiger charge is -2.43. The predicted molar refractivity (Wildman–Crippen MR) is 75.0 cm³/mol. The molecule has 1 amide bonds. The first-order valence-electron chi connectivity index (χ1n) is 7.06. The van der Waals surface area contributed by atoms with Gasteiger partial charge in [0.2, 0.25) is 5.91 Å². The molecule has 9 heteroatoms. The van der Waals surface area contributed by atoms with Gasteiger partial charge in [0.25, 0.3) is 0 Å². The van der Waals surface area contributed by atoms with Crippen molar-refractivity contribution in [3.05, 3.63) is 0 Å². The molecule has 128 valence electrons. The van der Waals surface area contributed by atoms with Crippen molar-refractivity contribution in [1.82, 2.24) is 5.32 Å². The maximum atomic E-state index is 12.0. The Morgan fingerprint density at radius 1 is 1.45 bits per heavy atom. The third-order valence-corrected chi connectivity index (χ3v) is 3.73. The van der Waals surface area contributed by atoms with E-state index in [1.54, 1.807) is 6.92 Å². The fourth-order valence-corrected chi connectivity index (χ4v) is 2.46. The number of carbonyl (C=O) groups is 2. The molecule has 22 heavy (non-hydrogen) atoms. The van der Waals surface area contributed by atoms with Gasteiger partial charge in [-0.15, -0.1) is 0 Å². The number of nitrogens with one attached hydrogen (secondary N) is 1. The van der Waals surface area contributed by atoms with Gasteiger partial charge in [0, 0.05) is 13.5 Å². The molecule has 0 saturated carbocycles. The number of aliphatic hydroxyl groups excluding tert-OH is 2. The van der Waals surface area contributed by atoms with Crippen molar-refractivity contribution in [2.75, 3.05) is 13.7 Å². The molecule has 1 aliphatic rings. The van der Waals surface area contributed by atoms with Gasteiger partial charge in [-0.05, 0) is 13.3 Å². The predicted octanol–water partition coefficient (Wildman–Crippen LogP) is -2.18. The van der Waals surface area contributed by atoms with Crippen LogP contribution in [0.1, 0.15) is 19.8 Å². The van der Waals surface area contributed by atoms with Crippen molar-refractivity contribution in [2.24, 2.45) is 5.73 Å². The topological polar surface area (TPSA) is 151 Å². The van der Waals surface area contributed by atoms with Crippen molar-refractivity contribution < 1.29 is 34.4 Å². The number of amides is 1. The molecular weight excluding hydrogens is 296 g/mol. The Morgan fingerprint density at radius 3 is 2.59 bits per heavy atom. The molecule has 0 bridgehead atoms. The number of carboxylic acids is 1. The van der Waals surface area contributed by atoms with E-state index in [1.165, 1.54) is 7.11 Å². The largest absolute Gasteiger partial charge is 0.481 e. The molecule has 9 nitrogen and oxygen atoms in total. The highest BCUT2D eigenvalue weighted by atomic mass is 16.6. The van der Waals surface area contributed by atoms with E-state index in [0.29, 0.717) is 0 Å². The normalized spacial score (nSPS) is 33.2. The second kappa shape index (κ2) is 8.39. The van der Waals surface area contributed by atoms with E-state index in [9.17, 15) is 19.8 Å². The number of aliphatic carboxylic acids is 1. The van der Waals surface area contributed by atoms with E-state index in [2.05, 4.69) is 5.32 Å². The summed E-state index contributed by atoms with van der Waals surface area (Å²) < 4.78 is 10.6. The molecule has 0 radical (unpaired) electrons. The van der Waals surface area contributed by atoms with Gasteiger partial charge in [-0.25, -0.2) is 0 Å². The van der Waals surface area contributed by atoms with Gasteiger partial charge in [0.15, 0.2) is 0 Å². The first kappa shape index (κ1) is 18.8. The number of ether oxygens (including phenoxy) is 2. The maximum Gasteiger partial charge on any atom is 0.303 e. The van der Waals surface area contributed by atoms with Crippen molar-refractivity contribution in [3.63, 3.8) is 0 Å². The Morgan fingerprint density at radius 2 is 2.09 bits per heavy atom. The van der Waals surface area contributed by atoms with E-state index < -0.39 is 48.4 Å². The number of hydrogen-bond acceptors (Lipinski definition) is 7. The minimum Gasteiger partial charge on any atom is -0.481 e. The number of nitrogens with two attached hydrogens (primary N) is 1. The van der Waals surface area contributed by atoms with Crippen molar-refractivity contribution in [2.45, 2.75) is 56.3 Å². The van der Waals surface area contributed by atoms with Gasteiger partial charge >= 0.3 is 5.97 Å². The molecule has 2 unspecified atom stereocenters. The van der Waals surface area contributed by atoms with Gasteiger partial charge in [-0.2, -0.15) is 0 Å². The van der Waals surface area contributed by atoms with Crippen LogP contribution in [0.4, 0.5) is 0 Å². The first-order valence-corrected chi connectivity index (χ1v) is 7.06. The van der Waals surface area contributed by atoms with Crippen LogP contribution in [0.2, 0.25) is 0 Å². The third-order valence-electron chi connectivity index (χ3n) is 3.73. The molecule has 0 aromatic rings. The number of aliphatic hydroxyl groups is 2. The lowest BCUT2D eigenvalue weighted by molar-refractivity contribution is -0.199. The summed E-state index contributed by atoms with van der Waals surface area (Å²) in [5, 5.41) is 30.7. The summed E-state index contributed by atoms with van der Waals surface area (Å²) in [5.41, 5.74) is 5.63. The molecule has 1 aliphatic heterocycles. The second-order valence-electron chi connectivity index (χ2n) is 5.33. The molecule has 1 saturated heterocycles. The second-order valence-corrected chi connectivity index (χ2v) is 5.33. The molecule has 1 fully saturated rings. The molecule has 1 heterocycles.